The van der Waals surface area contributed by atoms with Crippen molar-refractivity contribution in [3.63, 3.8) is 0 Å². The zero-order chi connectivity index (χ0) is 18.9. The Hall–Kier alpha value is -2.31. The van der Waals surface area contributed by atoms with Gasteiger partial charge in [-0.2, -0.15) is 0 Å². The molecule has 0 aromatic heterocycles. The molecule has 6 nitrogen and oxygen atoms in total. The molecule has 2 rings (SSSR count). The molecule has 5 N–H and O–H groups in total. The van der Waals surface area contributed by atoms with E-state index in [-0.39, 0.29) is 24.3 Å². The van der Waals surface area contributed by atoms with Crippen molar-refractivity contribution in [1.82, 2.24) is 5.32 Å². The van der Waals surface area contributed by atoms with Crippen molar-refractivity contribution in [3.8, 4) is 0 Å². The summed E-state index contributed by atoms with van der Waals surface area (Å²) in [7, 11) is 0. The van der Waals surface area contributed by atoms with Crippen molar-refractivity contribution in [2.24, 2.45) is 11.8 Å². The van der Waals surface area contributed by atoms with E-state index in [1.807, 2.05) is 0 Å². The van der Waals surface area contributed by atoms with Crippen molar-refractivity contribution in [2.75, 3.05) is 17.6 Å². The van der Waals surface area contributed by atoms with Gasteiger partial charge in [-0.15, -0.1) is 0 Å². The Bertz CT molecular complexity index is 594. The number of nitrogen functional groups attached to an aromatic ring is 1. The number of carbonyl (C=O) groups is 2. The topological polar surface area (TPSA) is 104 Å². The van der Waals surface area contributed by atoms with Crippen LogP contribution in [0.25, 0.3) is 0 Å². The number of aliphatic carboxylic acids is 1. The van der Waals surface area contributed by atoms with E-state index in [1.54, 1.807) is 24.3 Å². The van der Waals surface area contributed by atoms with Gasteiger partial charge in [0, 0.05) is 24.3 Å². The Morgan fingerprint density at radius 1 is 1.15 bits per heavy atom. The van der Waals surface area contributed by atoms with Crippen LogP contribution < -0.4 is 16.4 Å². The summed E-state index contributed by atoms with van der Waals surface area (Å²) >= 11 is 0. The Morgan fingerprint density at radius 2 is 1.88 bits per heavy atom. The maximum absolute atomic E-state index is 14.2. The molecular weight excluding hydrogens is 337 g/mol. The Balaban J connectivity index is 1.71. The highest BCUT2D eigenvalue weighted by molar-refractivity contribution is 5.89. The van der Waals surface area contributed by atoms with E-state index in [2.05, 4.69) is 10.6 Å². The number of benzene rings is 1. The molecule has 0 aliphatic heterocycles. The molecule has 1 aliphatic carbocycles. The first-order valence-corrected chi connectivity index (χ1v) is 9.22. The zero-order valence-electron chi connectivity index (χ0n) is 14.9. The first-order chi connectivity index (χ1) is 12.5. The summed E-state index contributed by atoms with van der Waals surface area (Å²) in [5, 5.41) is 14.2. The third kappa shape index (κ3) is 6.54. The van der Waals surface area contributed by atoms with Gasteiger partial charge in [0.05, 0.1) is 0 Å². The summed E-state index contributed by atoms with van der Waals surface area (Å²) < 4.78 is 14.2. The molecule has 7 heteroatoms. The van der Waals surface area contributed by atoms with Crippen LogP contribution in [0.2, 0.25) is 0 Å². The van der Waals surface area contributed by atoms with Crippen LogP contribution in [0, 0.1) is 11.8 Å². The number of nitrogens with one attached hydrogen (secondary N) is 2. The highest BCUT2D eigenvalue weighted by Crippen LogP contribution is 2.37. The summed E-state index contributed by atoms with van der Waals surface area (Å²) in [6.07, 6.45) is 3.63. The van der Waals surface area contributed by atoms with Gasteiger partial charge in [0.1, 0.15) is 6.17 Å². The first kappa shape index (κ1) is 20.0. The van der Waals surface area contributed by atoms with Crippen LogP contribution in [0.3, 0.4) is 0 Å². The van der Waals surface area contributed by atoms with Crippen LogP contribution in [0.15, 0.2) is 24.3 Å². The fourth-order valence-corrected chi connectivity index (χ4v) is 3.57. The molecule has 0 unspecified atom stereocenters. The molecule has 144 valence electrons. The Labute approximate surface area is 153 Å². The predicted molar refractivity (Wildman–Crippen MR) is 99.7 cm³/mol. The summed E-state index contributed by atoms with van der Waals surface area (Å²) in [5.41, 5.74) is 6.89. The average molecular weight is 365 g/mol. The second-order valence-electron chi connectivity index (χ2n) is 6.97. The molecule has 26 heavy (non-hydrogen) atoms. The van der Waals surface area contributed by atoms with Gasteiger partial charge >= 0.3 is 12.0 Å². The first-order valence-electron chi connectivity index (χ1n) is 9.22. The van der Waals surface area contributed by atoms with Crippen molar-refractivity contribution in [2.45, 2.75) is 51.1 Å². The highest BCUT2D eigenvalue weighted by Gasteiger charge is 2.35. The lowest BCUT2D eigenvalue weighted by molar-refractivity contribution is -0.137. The van der Waals surface area contributed by atoms with Crippen molar-refractivity contribution in [1.29, 1.82) is 0 Å². The van der Waals surface area contributed by atoms with Crippen LogP contribution in [-0.4, -0.2) is 29.8 Å². The number of rotatable bonds is 9. The lowest BCUT2D eigenvalue weighted by atomic mass is 9.89. The monoisotopic (exact) mass is 365 g/mol. The number of unbranched alkanes of at least 4 members (excludes halogenated alkanes) is 2. The number of anilines is 2. The number of hydrogen-bond acceptors (Lipinski definition) is 3. The van der Waals surface area contributed by atoms with E-state index in [0.29, 0.717) is 30.8 Å². The molecule has 1 aromatic carbocycles. The van der Waals surface area contributed by atoms with Crippen LogP contribution in [0.1, 0.15) is 44.9 Å². The van der Waals surface area contributed by atoms with Crippen LogP contribution in [-0.2, 0) is 4.79 Å². The number of carboxylic acid groups (broad SMARTS) is 1. The molecule has 1 aliphatic rings. The molecule has 0 heterocycles. The molecule has 0 saturated heterocycles. The minimum Gasteiger partial charge on any atom is -0.481 e. The number of nitrogens with two attached hydrogens (primary N) is 1. The predicted octanol–water partition coefficient (Wildman–Crippen LogP) is 3.79. The van der Waals surface area contributed by atoms with Gasteiger partial charge in [-0.1, -0.05) is 12.8 Å². The van der Waals surface area contributed by atoms with E-state index in [0.717, 1.165) is 25.7 Å². The van der Waals surface area contributed by atoms with Crippen molar-refractivity contribution < 1.29 is 19.1 Å². The Morgan fingerprint density at radius 3 is 2.58 bits per heavy atom. The molecule has 0 radical (unpaired) electrons. The normalized spacial score (nSPS) is 22.1. The molecule has 0 bridgehead atoms. The summed E-state index contributed by atoms with van der Waals surface area (Å²) in [6.45, 7) is 0.445. The fourth-order valence-electron chi connectivity index (χ4n) is 3.57. The van der Waals surface area contributed by atoms with Crippen molar-refractivity contribution >= 4 is 23.4 Å². The smallest absolute Gasteiger partial charge is 0.319 e. The average Bonchev–Trinajstić information content (AvgIpc) is 2.95. The van der Waals surface area contributed by atoms with Gasteiger partial charge in [0.2, 0.25) is 0 Å². The lowest BCUT2D eigenvalue weighted by Gasteiger charge is -2.21. The van der Waals surface area contributed by atoms with Gasteiger partial charge in [-0.25, -0.2) is 9.18 Å². The maximum atomic E-state index is 14.2. The molecular formula is C19H28FN3O3. The van der Waals surface area contributed by atoms with Gasteiger partial charge < -0.3 is 21.5 Å². The fraction of sp³-hybridized carbons (Fsp3) is 0.579. The maximum Gasteiger partial charge on any atom is 0.319 e. The minimum absolute atomic E-state index is 0.0587. The third-order valence-corrected chi connectivity index (χ3v) is 5.00. The number of halogens is 1. The summed E-state index contributed by atoms with van der Waals surface area (Å²) in [6, 6.07) is 6.56. The number of alkyl halides is 1. The molecule has 3 atom stereocenters. The van der Waals surface area contributed by atoms with E-state index >= 15 is 0 Å². The van der Waals surface area contributed by atoms with Crippen LogP contribution in [0.4, 0.5) is 20.6 Å². The second-order valence-corrected chi connectivity index (χ2v) is 6.97. The number of urea groups is 1. The van der Waals surface area contributed by atoms with E-state index in [4.69, 9.17) is 10.8 Å². The standard InChI is InChI=1S/C19H28FN3O3/c20-17-11-6-13(16(17)4-2-1-3-5-18(24)25)12-22-19(26)23-15-9-7-14(21)8-10-15/h7-10,13,16-17H,1-6,11-12,21H2,(H,24,25)(H2,22,23,26)/t13-,16-,17-/m1/s1. The van der Waals surface area contributed by atoms with E-state index in [1.165, 1.54) is 0 Å². The largest absolute Gasteiger partial charge is 0.481 e. The summed E-state index contributed by atoms with van der Waals surface area (Å²) in [4.78, 5) is 22.5. The van der Waals surface area contributed by atoms with Gasteiger partial charge in [-0.05, 0) is 61.8 Å². The number of amides is 2. The molecule has 0 spiro atoms. The number of carbonyl (C=O) groups excluding carboxylic acids is 1. The third-order valence-electron chi connectivity index (χ3n) is 5.00. The van der Waals surface area contributed by atoms with Crippen molar-refractivity contribution in [3.05, 3.63) is 24.3 Å². The minimum atomic E-state index is -0.832. The zero-order valence-corrected chi connectivity index (χ0v) is 14.9. The number of carboxylic acids is 1. The number of hydrogen-bond donors (Lipinski definition) is 4. The molecule has 1 saturated carbocycles. The van der Waals surface area contributed by atoms with Gasteiger partial charge in [-0.3, -0.25) is 4.79 Å². The van der Waals surface area contributed by atoms with Gasteiger partial charge in [0.15, 0.2) is 0 Å². The van der Waals surface area contributed by atoms with E-state index in [9.17, 15) is 14.0 Å². The van der Waals surface area contributed by atoms with Crippen LogP contribution >= 0.6 is 0 Å². The molecule has 1 fully saturated rings. The van der Waals surface area contributed by atoms with Crippen LogP contribution in [0.5, 0.6) is 0 Å². The SMILES string of the molecule is Nc1ccc(NC(=O)NC[C@H]2CC[C@@H](F)[C@@H]2CCCCCC(=O)O)cc1. The highest BCUT2D eigenvalue weighted by atomic mass is 19.1. The second kappa shape index (κ2) is 9.99. The Kier molecular flexibility index (Phi) is 7.69. The van der Waals surface area contributed by atoms with E-state index < -0.39 is 12.1 Å². The van der Waals surface area contributed by atoms with Gasteiger partial charge in [0.25, 0.3) is 0 Å². The molecule has 1 aromatic rings. The lowest BCUT2D eigenvalue weighted by Crippen LogP contribution is -2.35. The molecule has 2 amide bonds. The summed E-state index contributed by atoms with van der Waals surface area (Å²) in [5.74, 6) is -0.721. The quantitative estimate of drug-likeness (QED) is 0.395.